The number of rotatable bonds is 2. The van der Waals surface area contributed by atoms with E-state index in [1.54, 1.807) is 6.07 Å². The third-order valence-electron chi connectivity index (χ3n) is 3.93. The highest BCUT2D eigenvalue weighted by Gasteiger charge is 2.17. The maximum atomic E-state index is 8.98. The summed E-state index contributed by atoms with van der Waals surface area (Å²) < 4.78 is 0. The lowest BCUT2D eigenvalue weighted by Gasteiger charge is -2.24. The fourth-order valence-corrected chi connectivity index (χ4v) is 2.70. The summed E-state index contributed by atoms with van der Waals surface area (Å²) >= 11 is 0. The molecule has 1 atom stereocenters. The van der Waals surface area contributed by atoms with Crippen LogP contribution in [0, 0.1) is 17.2 Å². The molecule has 1 unspecified atom stereocenters. The molecule has 1 saturated heterocycles. The zero-order valence-corrected chi connectivity index (χ0v) is 11.0. The summed E-state index contributed by atoms with van der Waals surface area (Å²) in [5, 5.41) is 8.98. The smallest absolute Gasteiger partial charge is 0.0992 e. The van der Waals surface area contributed by atoms with Crippen LogP contribution < -0.4 is 10.6 Å². The molecule has 3 heteroatoms. The van der Waals surface area contributed by atoms with Crippen molar-refractivity contribution in [3.63, 3.8) is 0 Å². The van der Waals surface area contributed by atoms with E-state index in [9.17, 15) is 0 Å². The normalized spacial score (nSPS) is 20.2. The van der Waals surface area contributed by atoms with E-state index in [0.29, 0.717) is 5.56 Å². The first kappa shape index (κ1) is 12.8. The molecule has 1 fully saturated rings. The van der Waals surface area contributed by atoms with Crippen molar-refractivity contribution in [1.82, 2.24) is 0 Å². The van der Waals surface area contributed by atoms with Crippen LogP contribution in [0.15, 0.2) is 18.2 Å². The molecule has 1 heterocycles. The van der Waals surface area contributed by atoms with Gasteiger partial charge in [0.1, 0.15) is 0 Å². The van der Waals surface area contributed by atoms with Gasteiger partial charge < -0.3 is 10.6 Å². The van der Waals surface area contributed by atoms with Crippen molar-refractivity contribution in [1.29, 1.82) is 5.26 Å². The van der Waals surface area contributed by atoms with Crippen LogP contribution in [0.1, 0.15) is 38.2 Å². The zero-order valence-electron chi connectivity index (χ0n) is 11.0. The van der Waals surface area contributed by atoms with E-state index in [1.807, 2.05) is 12.1 Å². The molecule has 0 bridgehead atoms. The van der Waals surface area contributed by atoms with Gasteiger partial charge in [0.05, 0.1) is 23.0 Å². The maximum absolute atomic E-state index is 8.98. The van der Waals surface area contributed by atoms with E-state index >= 15 is 0 Å². The Morgan fingerprint density at radius 3 is 2.94 bits per heavy atom. The Hall–Kier alpha value is -1.69. The van der Waals surface area contributed by atoms with Crippen LogP contribution >= 0.6 is 0 Å². The number of nitrogens with two attached hydrogens (primary N) is 1. The monoisotopic (exact) mass is 243 g/mol. The summed E-state index contributed by atoms with van der Waals surface area (Å²) in [6.07, 6.45) is 5.02. The second-order valence-corrected chi connectivity index (χ2v) is 5.08. The van der Waals surface area contributed by atoms with Gasteiger partial charge in [-0.15, -0.1) is 0 Å². The molecule has 0 amide bonds. The van der Waals surface area contributed by atoms with Crippen molar-refractivity contribution in [2.24, 2.45) is 5.92 Å². The molecular weight excluding hydrogens is 222 g/mol. The molecule has 2 N–H and O–H groups in total. The van der Waals surface area contributed by atoms with E-state index in [2.05, 4.69) is 17.9 Å². The Labute approximate surface area is 109 Å². The van der Waals surface area contributed by atoms with Crippen LogP contribution in [-0.2, 0) is 0 Å². The zero-order chi connectivity index (χ0) is 13.0. The van der Waals surface area contributed by atoms with Gasteiger partial charge in [0.15, 0.2) is 0 Å². The van der Waals surface area contributed by atoms with E-state index in [4.69, 9.17) is 11.0 Å². The average Bonchev–Trinajstić information content (AvgIpc) is 2.64. The van der Waals surface area contributed by atoms with Crippen LogP contribution in [0.25, 0.3) is 0 Å². The topological polar surface area (TPSA) is 53.0 Å². The quantitative estimate of drug-likeness (QED) is 0.812. The van der Waals surface area contributed by atoms with Crippen molar-refractivity contribution in [3.05, 3.63) is 23.8 Å². The predicted molar refractivity (Wildman–Crippen MR) is 75.4 cm³/mol. The van der Waals surface area contributed by atoms with Crippen LogP contribution in [0.4, 0.5) is 11.4 Å². The number of anilines is 2. The molecule has 0 aromatic heterocycles. The number of hydrogen-bond acceptors (Lipinski definition) is 3. The number of benzene rings is 1. The highest BCUT2D eigenvalue weighted by molar-refractivity contribution is 5.69. The lowest BCUT2D eigenvalue weighted by molar-refractivity contribution is 0.459. The molecule has 1 aliphatic heterocycles. The van der Waals surface area contributed by atoms with Gasteiger partial charge in [-0.1, -0.05) is 13.3 Å². The van der Waals surface area contributed by atoms with Crippen molar-refractivity contribution in [2.75, 3.05) is 23.7 Å². The minimum atomic E-state index is 0.690. The van der Waals surface area contributed by atoms with Gasteiger partial charge in [0.25, 0.3) is 0 Å². The molecule has 0 radical (unpaired) electrons. The molecule has 1 aromatic rings. The molecule has 2 rings (SSSR count). The first-order valence-corrected chi connectivity index (χ1v) is 6.79. The van der Waals surface area contributed by atoms with Gasteiger partial charge in [-0.25, -0.2) is 0 Å². The molecule has 1 aromatic carbocycles. The van der Waals surface area contributed by atoms with Gasteiger partial charge >= 0.3 is 0 Å². The maximum Gasteiger partial charge on any atom is 0.0992 e. The Balaban J connectivity index is 2.18. The summed E-state index contributed by atoms with van der Waals surface area (Å²) in [5.41, 5.74) is 8.55. The van der Waals surface area contributed by atoms with Gasteiger partial charge in [0.2, 0.25) is 0 Å². The number of nitrogens with zero attached hydrogens (tertiary/aromatic N) is 2. The third-order valence-corrected chi connectivity index (χ3v) is 3.93. The van der Waals surface area contributed by atoms with Crippen molar-refractivity contribution in [3.8, 4) is 6.07 Å². The molecule has 0 saturated carbocycles. The van der Waals surface area contributed by atoms with Gasteiger partial charge in [-0.05, 0) is 43.4 Å². The van der Waals surface area contributed by atoms with Crippen LogP contribution in [-0.4, -0.2) is 13.1 Å². The second kappa shape index (κ2) is 5.77. The third kappa shape index (κ3) is 2.76. The summed E-state index contributed by atoms with van der Waals surface area (Å²) in [6.45, 7) is 4.37. The first-order valence-electron chi connectivity index (χ1n) is 6.79. The number of nitriles is 1. The number of nitrogen functional groups attached to an aromatic ring is 1. The Morgan fingerprint density at radius 1 is 1.39 bits per heavy atom. The van der Waals surface area contributed by atoms with E-state index < -0.39 is 0 Å². The summed E-state index contributed by atoms with van der Waals surface area (Å²) in [4.78, 5) is 2.34. The fourth-order valence-electron chi connectivity index (χ4n) is 2.70. The Morgan fingerprint density at radius 2 is 2.22 bits per heavy atom. The standard InChI is InChI=1S/C15H21N3/c1-2-12-4-3-8-18(9-7-12)15-10-13(11-16)5-6-14(15)17/h5-6,10,12H,2-4,7-9,17H2,1H3. The van der Waals surface area contributed by atoms with E-state index in [1.165, 1.54) is 25.7 Å². The molecule has 0 spiro atoms. The van der Waals surface area contributed by atoms with Crippen LogP contribution in [0.3, 0.4) is 0 Å². The molecule has 96 valence electrons. The van der Waals surface area contributed by atoms with Gasteiger partial charge in [0, 0.05) is 13.1 Å². The average molecular weight is 243 g/mol. The largest absolute Gasteiger partial charge is 0.397 e. The van der Waals surface area contributed by atoms with E-state index in [0.717, 1.165) is 30.4 Å². The predicted octanol–water partition coefficient (Wildman–Crippen LogP) is 3.16. The SMILES string of the molecule is CCC1CCCN(c2cc(C#N)ccc2N)CC1. The molecule has 0 aliphatic carbocycles. The molecule has 1 aliphatic rings. The molecule has 3 nitrogen and oxygen atoms in total. The Bertz CT molecular complexity index is 448. The van der Waals surface area contributed by atoms with Crippen molar-refractivity contribution >= 4 is 11.4 Å². The second-order valence-electron chi connectivity index (χ2n) is 5.08. The molecular formula is C15H21N3. The minimum absolute atomic E-state index is 0.690. The summed E-state index contributed by atoms with van der Waals surface area (Å²) in [6, 6.07) is 7.73. The Kier molecular flexibility index (Phi) is 4.09. The van der Waals surface area contributed by atoms with Crippen LogP contribution in [0.2, 0.25) is 0 Å². The van der Waals surface area contributed by atoms with Crippen molar-refractivity contribution < 1.29 is 0 Å². The van der Waals surface area contributed by atoms with E-state index in [-0.39, 0.29) is 0 Å². The summed E-state index contributed by atoms with van der Waals surface area (Å²) in [7, 11) is 0. The van der Waals surface area contributed by atoms with Crippen molar-refractivity contribution in [2.45, 2.75) is 32.6 Å². The van der Waals surface area contributed by atoms with Gasteiger partial charge in [-0.2, -0.15) is 5.26 Å². The lowest BCUT2D eigenvalue weighted by Crippen LogP contribution is -2.25. The molecule has 18 heavy (non-hydrogen) atoms. The first-order chi connectivity index (χ1) is 8.74. The highest BCUT2D eigenvalue weighted by atomic mass is 15.1. The minimum Gasteiger partial charge on any atom is -0.397 e. The van der Waals surface area contributed by atoms with Gasteiger partial charge in [-0.3, -0.25) is 0 Å². The highest BCUT2D eigenvalue weighted by Crippen LogP contribution is 2.29. The number of hydrogen-bond donors (Lipinski definition) is 1. The summed E-state index contributed by atoms with van der Waals surface area (Å²) in [5.74, 6) is 0.843. The lowest BCUT2D eigenvalue weighted by atomic mass is 9.98. The van der Waals surface area contributed by atoms with Crippen LogP contribution in [0.5, 0.6) is 0 Å². The fraction of sp³-hybridized carbons (Fsp3) is 0.533.